The van der Waals surface area contributed by atoms with Crippen LogP contribution in [0.4, 0.5) is 0 Å². The smallest absolute Gasteiger partial charge is 0.246 e. The fourth-order valence-corrected chi connectivity index (χ4v) is 3.37. The van der Waals surface area contributed by atoms with Gasteiger partial charge in [-0.15, -0.1) is 12.4 Å². The predicted molar refractivity (Wildman–Crippen MR) is 97.9 cm³/mol. The first-order valence-electron chi connectivity index (χ1n) is 9.06. The number of amides is 2. The predicted octanol–water partition coefficient (Wildman–Crippen LogP) is 0.614. The molecule has 0 radical (unpaired) electrons. The lowest BCUT2D eigenvalue weighted by Gasteiger charge is -2.30. The number of hydrogen-bond acceptors (Lipinski definition) is 5. The summed E-state index contributed by atoms with van der Waals surface area (Å²) in [5, 5.41) is 9.47. The third-order valence-electron chi connectivity index (χ3n) is 4.77. The zero-order valence-corrected chi connectivity index (χ0v) is 15.9. The summed E-state index contributed by atoms with van der Waals surface area (Å²) in [7, 11) is 1.60. The van der Waals surface area contributed by atoms with Gasteiger partial charge in [0, 0.05) is 31.7 Å². The lowest BCUT2D eigenvalue weighted by atomic mass is 9.85. The summed E-state index contributed by atoms with van der Waals surface area (Å²) in [6.45, 7) is 2.90. The number of methoxy groups -OCH3 is 1. The van der Waals surface area contributed by atoms with Crippen LogP contribution >= 0.6 is 12.4 Å². The van der Waals surface area contributed by atoms with Crippen molar-refractivity contribution in [3.05, 3.63) is 0 Å². The molecule has 8 heteroatoms. The lowest BCUT2D eigenvalue weighted by molar-refractivity contribution is -0.127. The van der Waals surface area contributed by atoms with Crippen molar-refractivity contribution in [2.45, 2.75) is 50.6 Å². The van der Waals surface area contributed by atoms with Crippen molar-refractivity contribution >= 4 is 24.2 Å². The molecule has 1 atom stereocenters. The van der Waals surface area contributed by atoms with E-state index in [1.165, 1.54) is 0 Å². The molecule has 2 amide bonds. The molecule has 7 nitrogen and oxygen atoms in total. The molecule has 0 aromatic carbocycles. The molecule has 0 aromatic rings. The molecule has 25 heavy (non-hydrogen) atoms. The van der Waals surface area contributed by atoms with Gasteiger partial charge in [-0.25, -0.2) is 0 Å². The number of carbonyl (C=O) groups excluding carboxylic acids is 2. The summed E-state index contributed by atoms with van der Waals surface area (Å²) in [6, 6.07) is 0.428. The molecule has 2 rings (SSSR count). The van der Waals surface area contributed by atoms with Gasteiger partial charge in [0.25, 0.3) is 0 Å². The minimum absolute atomic E-state index is 0. The van der Waals surface area contributed by atoms with Gasteiger partial charge in [0.1, 0.15) is 6.61 Å². The Hall–Kier alpha value is -0.890. The SMILES string of the molecule is COCCOCC(=O)NC1CCC(C(=O)N[C@H]2CCCNC2)CC1.Cl. The van der Waals surface area contributed by atoms with E-state index >= 15 is 0 Å². The van der Waals surface area contributed by atoms with Crippen molar-refractivity contribution in [2.75, 3.05) is 40.0 Å². The molecule has 0 unspecified atom stereocenters. The van der Waals surface area contributed by atoms with Crippen LogP contribution in [0.25, 0.3) is 0 Å². The fraction of sp³-hybridized carbons (Fsp3) is 0.882. The number of carbonyl (C=O) groups is 2. The summed E-state index contributed by atoms with van der Waals surface area (Å²) < 4.78 is 10.1. The second-order valence-corrected chi connectivity index (χ2v) is 6.71. The Kier molecular flexibility index (Phi) is 11.0. The van der Waals surface area contributed by atoms with Crippen molar-refractivity contribution in [1.82, 2.24) is 16.0 Å². The number of halogens is 1. The highest BCUT2D eigenvalue weighted by Gasteiger charge is 2.28. The van der Waals surface area contributed by atoms with E-state index in [1.54, 1.807) is 7.11 Å². The van der Waals surface area contributed by atoms with Gasteiger partial charge in [0.15, 0.2) is 0 Å². The standard InChI is InChI=1S/C17H31N3O4.ClH/c1-23-9-10-24-12-16(21)19-14-6-4-13(5-7-14)17(22)20-15-3-2-8-18-11-15;/h13-15,18H,2-12H2,1H3,(H,19,21)(H,20,22);1H/t13?,14?,15-;/m0./s1. The van der Waals surface area contributed by atoms with Gasteiger partial charge >= 0.3 is 0 Å². The topological polar surface area (TPSA) is 88.7 Å². The second kappa shape index (κ2) is 12.5. The van der Waals surface area contributed by atoms with Crippen molar-refractivity contribution in [3.8, 4) is 0 Å². The minimum atomic E-state index is -0.0905. The molecule has 3 N–H and O–H groups in total. The van der Waals surface area contributed by atoms with Gasteiger partial charge in [-0.05, 0) is 45.1 Å². The molecule has 1 saturated carbocycles. The molecular formula is C17H32ClN3O4. The van der Waals surface area contributed by atoms with Crippen LogP contribution in [0.5, 0.6) is 0 Å². The number of rotatable bonds is 8. The molecule has 1 aliphatic carbocycles. The Morgan fingerprint density at radius 1 is 1.04 bits per heavy atom. The molecule has 0 spiro atoms. The molecule has 146 valence electrons. The number of nitrogens with one attached hydrogen (secondary N) is 3. The van der Waals surface area contributed by atoms with Crippen LogP contribution in [-0.2, 0) is 19.1 Å². The van der Waals surface area contributed by atoms with Crippen molar-refractivity contribution < 1.29 is 19.1 Å². The van der Waals surface area contributed by atoms with Crippen molar-refractivity contribution in [2.24, 2.45) is 5.92 Å². The first-order chi connectivity index (χ1) is 11.7. The van der Waals surface area contributed by atoms with Gasteiger partial charge in [0.2, 0.25) is 11.8 Å². The van der Waals surface area contributed by atoms with Crippen LogP contribution in [0, 0.1) is 5.92 Å². The largest absolute Gasteiger partial charge is 0.382 e. The van der Waals surface area contributed by atoms with Gasteiger partial charge in [0.05, 0.1) is 13.2 Å². The van der Waals surface area contributed by atoms with Crippen LogP contribution in [0.3, 0.4) is 0 Å². The molecular weight excluding hydrogens is 346 g/mol. The number of ether oxygens (including phenoxy) is 2. The maximum absolute atomic E-state index is 12.3. The van der Waals surface area contributed by atoms with E-state index in [0.717, 1.165) is 51.6 Å². The van der Waals surface area contributed by atoms with Crippen LogP contribution < -0.4 is 16.0 Å². The molecule has 0 bridgehead atoms. The highest BCUT2D eigenvalue weighted by atomic mass is 35.5. The first-order valence-corrected chi connectivity index (χ1v) is 9.06. The van der Waals surface area contributed by atoms with E-state index in [2.05, 4.69) is 16.0 Å². The normalized spacial score (nSPS) is 26.4. The van der Waals surface area contributed by atoms with Gasteiger partial charge in [-0.3, -0.25) is 9.59 Å². The number of piperidine rings is 1. The average molecular weight is 378 g/mol. The highest BCUT2D eigenvalue weighted by molar-refractivity contribution is 5.85. The molecule has 1 aliphatic heterocycles. The molecule has 0 aromatic heterocycles. The maximum Gasteiger partial charge on any atom is 0.246 e. The summed E-state index contributed by atoms with van der Waals surface area (Å²) in [5.74, 6) is 0.168. The lowest BCUT2D eigenvalue weighted by Crippen LogP contribution is -2.48. The van der Waals surface area contributed by atoms with Crippen molar-refractivity contribution in [3.63, 3.8) is 0 Å². The third kappa shape index (κ3) is 8.35. The van der Waals surface area contributed by atoms with E-state index < -0.39 is 0 Å². The van der Waals surface area contributed by atoms with Crippen LogP contribution in [0.15, 0.2) is 0 Å². The fourth-order valence-electron chi connectivity index (χ4n) is 3.37. The maximum atomic E-state index is 12.3. The highest BCUT2D eigenvalue weighted by Crippen LogP contribution is 2.24. The van der Waals surface area contributed by atoms with Gasteiger partial charge < -0.3 is 25.4 Å². The molecule has 2 fully saturated rings. The quantitative estimate of drug-likeness (QED) is 0.539. The van der Waals surface area contributed by atoms with Gasteiger partial charge in [-0.1, -0.05) is 0 Å². The first kappa shape index (κ1) is 22.2. The Labute approximate surface area is 156 Å². The zero-order valence-electron chi connectivity index (χ0n) is 15.1. The van der Waals surface area contributed by atoms with E-state index in [4.69, 9.17) is 9.47 Å². The summed E-state index contributed by atoms with van der Waals surface area (Å²) in [5.41, 5.74) is 0. The van der Waals surface area contributed by atoms with E-state index in [9.17, 15) is 9.59 Å². The Balaban J connectivity index is 0.00000312. The number of hydrogen-bond donors (Lipinski definition) is 3. The molecule has 2 aliphatic rings. The third-order valence-corrected chi connectivity index (χ3v) is 4.77. The van der Waals surface area contributed by atoms with Gasteiger partial charge in [-0.2, -0.15) is 0 Å². The Morgan fingerprint density at radius 3 is 2.44 bits per heavy atom. The van der Waals surface area contributed by atoms with E-state index in [-0.39, 0.29) is 48.8 Å². The molecule has 1 saturated heterocycles. The second-order valence-electron chi connectivity index (χ2n) is 6.71. The summed E-state index contributed by atoms with van der Waals surface area (Å²) in [6.07, 6.45) is 5.56. The van der Waals surface area contributed by atoms with Crippen LogP contribution in [-0.4, -0.2) is 63.9 Å². The van der Waals surface area contributed by atoms with Crippen LogP contribution in [0.2, 0.25) is 0 Å². The zero-order chi connectivity index (χ0) is 17.2. The minimum Gasteiger partial charge on any atom is -0.382 e. The molecule has 1 heterocycles. The summed E-state index contributed by atoms with van der Waals surface area (Å²) >= 11 is 0. The Morgan fingerprint density at radius 2 is 1.80 bits per heavy atom. The Bertz CT molecular complexity index is 397. The van der Waals surface area contributed by atoms with E-state index in [1.807, 2.05) is 0 Å². The van der Waals surface area contributed by atoms with E-state index in [0.29, 0.717) is 13.2 Å². The van der Waals surface area contributed by atoms with Crippen molar-refractivity contribution in [1.29, 1.82) is 0 Å². The van der Waals surface area contributed by atoms with Crippen LogP contribution in [0.1, 0.15) is 38.5 Å². The average Bonchev–Trinajstić information content (AvgIpc) is 2.60. The monoisotopic (exact) mass is 377 g/mol. The summed E-state index contributed by atoms with van der Waals surface area (Å²) in [4.78, 5) is 24.1.